The van der Waals surface area contributed by atoms with Crippen LogP contribution in [0.1, 0.15) is 28.9 Å². The Morgan fingerprint density at radius 1 is 1.42 bits per heavy atom. The van der Waals surface area contributed by atoms with Crippen molar-refractivity contribution in [2.45, 2.75) is 19.8 Å². The summed E-state index contributed by atoms with van der Waals surface area (Å²) in [7, 11) is -2.29. The van der Waals surface area contributed by atoms with E-state index in [0.717, 1.165) is 28.7 Å². The molecule has 0 aromatic carbocycles. The van der Waals surface area contributed by atoms with Crippen LogP contribution in [0.3, 0.4) is 0 Å². The van der Waals surface area contributed by atoms with Crippen molar-refractivity contribution >= 4 is 32.7 Å². The lowest BCUT2D eigenvalue weighted by atomic mass is 10.2. The van der Waals surface area contributed by atoms with E-state index in [9.17, 15) is 13.2 Å². The van der Waals surface area contributed by atoms with E-state index in [-0.39, 0.29) is 10.6 Å². The molecule has 0 amide bonds. The Bertz CT molecular complexity index is 590. The number of hydrogen-bond acceptors (Lipinski definition) is 5. The van der Waals surface area contributed by atoms with Crippen LogP contribution in [0.2, 0.25) is 0 Å². The van der Waals surface area contributed by atoms with Gasteiger partial charge >= 0.3 is 16.2 Å². The molecule has 106 valence electrons. The molecule has 7 nitrogen and oxygen atoms in total. The Kier molecular flexibility index (Phi) is 3.79. The SMILES string of the molecule is Cc1nsc(N(C)S(=O)(=O)N2CCCC2)c1C(=O)O. The molecule has 9 heteroatoms. The molecule has 1 N–H and O–H groups in total. The molecule has 1 fully saturated rings. The van der Waals surface area contributed by atoms with Gasteiger partial charge in [-0.1, -0.05) is 0 Å². The van der Waals surface area contributed by atoms with Gasteiger partial charge in [-0.15, -0.1) is 0 Å². The fourth-order valence-corrected chi connectivity index (χ4v) is 4.52. The van der Waals surface area contributed by atoms with Gasteiger partial charge in [-0.05, 0) is 31.3 Å². The maximum absolute atomic E-state index is 12.4. The van der Waals surface area contributed by atoms with E-state index in [1.165, 1.54) is 11.4 Å². The molecule has 0 aliphatic carbocycles. The van der Waals surface area contributed by atoms with E-state index in [0.29, 0.717) is 18.8 Å². The molecule has 1 aliphatic heterocycles. The van der Waals surface area contributed by atoms with Crippen LogP contribution >= 0.6 is 11.5 Å². The number of aromatic carboxylic acids is 1. The van der Waals surface area contributed by atoms with Crippen LogP contribution in [-0.4, -0.2) is 48.3 Å². The first-order valence-corrected chi connectivity index (χ1v) is 7.96. The number of carboxylic acid groups (broad SMARTS) is 1. The molecule has 0 radical (unpaired) electrons. The number of nitrogens with zero attached hydrogens (tertiary/aromatic N) is 3. The Morgan fingerprint density at radius 3 is 2.53 bits per heavy atom. The van der Waals surface area contributed by atoms with E-state index < -0.39 is 16.2 Å². The van der Waals surface area contributed by atoms with Gasteiger partial charge in [0.2, 0.25) is 0 Å². The fourth-order valence-electron chi connectivity index (χ4n) is 2.02. The summed E-state index contributed by atoms with van der Waals surface area (Å²) in [4.78, 5) is 11.2. The Morgan fingerprint density at radius 2 is 2.00 bits per heavy atom. The minimum absolute atomic E-state index is 0.0460. The van der Waals surface area contributed by atoms with Crippen molar-refractivity contribution in [3.05, 3.63) is 11.3 Å². The third kappa shape index (κ3) is 2.45. The van der Waals surface area contributed by atoms with Crippen molar-refractivity contribution in [1.29, 1.82) is 0 Å². The quantitative estimate of drug-likeness (QED) is 0.893. The smallest absolute Gasteiger partial charge is 0.340 e. The Labute approximate surface area is 115 Å². The van der Waals surface area contributed by atoms with Gasteiger partial charge in [0.05, 0.1) is 5.69 Å². The summed E-state index contributed by atoms with van der Waals surface area (Å²) in [6.45, 7) is 2.51. The molecule has 2 heterocycles. The monoisotopic (exact) mass is 305 g/mol. The number of carboxylic acids is 1. The van der Waals surface area contributed by atoms with Gasteiger partial charge in [-0.3, -0.25) is 0 Å². The fraction of sp³-hybridized carbons (Fsp3) is 0.600. The molecule has 1 aromatic heterocycles. The lowest BCUT2D eigenvalue weighted by Gasteiger charge is -2.24. The normalized spacial score (nSPS) is 16.7. The van der Waals surface area contributed by atoms with Gasteiger partial charge < -0.3 is 5.11 Å². The number of rotatable bonds is 4. The largest absolute Gasteiger partial charge is 0.478 e. The summed E-state index contributed by atoms with van der Waals surface area (Å²) in [6, 6.07) is 0. The zero-order valence-corrected chi connectivity index (χ0v) is 12.3. The molecule has 1 aromatic rings. The average Bonchev–Trinajstić information content (AvgIpc) is 2.96. The van der Waals surface area contributed by atoms with Gasteiger partial charge in [0.1, 0.15) is 10.6 Å². The second kappa shape index (κ2) is 5.06. The van der Waals surface area contributed by atoms with Gasteiger partial charge in [-0.2, -0.15) is 17.1 Å². The predicted molar refractivity (Wildman–Crippen MR) is 71.9 cm³/mol. The highest BCUT2D eigenvalue weighted by Crippen LogP contribution is 2.31. The molecule has 19 heavy (non-hydrogen) atoms. The first-order chi connectivity index (χ1) is 8.85. The van der Waals surface area contributed by atoms with Gasteiger partial charge in [-0.25, -0.2) is 9.10 Å². The summed E-state index contributed by atoms with van der Waals surface area (Å²) < 4.78 is 31.0. The Balaban J connectivity index is 2.39. The molecule has 0 spiro atoms. The van der Waals surface area contributed by atoms with Gasteiger partial charge in [0.25, 0.3) is 0 Å². The van der Waals surface area contributed by atoms with Crippen molar-refractivity contribution in [2.75, 3.05) is 24.4 Å². The van der Waals surface area contributed by atoms with Crippen molar-refractivity contribution < 1.29 is 18.3 Å². The molecule has 2 rings (SSSR count). The topological polar surface area (TPSA) is 90.8 Å². The highest BCUT2D eigenvalue weighted by Gasteiger charge is 2.33. The van der Waals surface area contributed by atoms with Crippen LogP contribution in [0, 0.1) is 6.92 Å². The van der Waals surface area contributed by atoms with Crippen molar-refractivity contribution in [3.8, 4) is 0 Å². The summed E-state index contributed by atoms with van der Waals surface area (Å²) in [5.74, 6) is -1.16. The van der Waals surface area contributed by atoms with E-state index in [1.807, 2.05) is 0 Å². The summed E-state index contributed by atoms with van der Waals surface area (Å²) in [5, 5.41) is 9.30. The van der Waals surface area contributed by atoms with Crippen LogP contribution in [0.25, 0.3) is 0 Å². The molecule has 0 bridgehead atoms. The zero-order chi connectivity index (χ0) is 14.2. The maximum atomic E-state index is 12.4. The zero-order valence-electron chi connectivity index (χ0n) is 10.7. The molecule has 1 saturated heterocycles. The molecule has 0 unspecified atom stereocenters. The lowest BCUT2D eigenvalue weighted by Crippen LogP contribution is -2.40. The summed E-state index contributed by atoms with van der Waals surface area (Å²) in [5.41, 5.74) is 0.284. The van der Waals surface area contributed by atoms with Crippen LogP contribution in [0.5, 0.6) is 0 Å². The van der Waals surface area contributed by atoms with Crippen molar-refractivity contribution in [3.63, 3.8) is 0 Å². The maximum Gasteiger partial charge on any atom is 0.340 e. The minimum Gasteiger partial charge on any atom is -0.478 e. The molecule has 0 atom stereocenters. The average molecular weight is 305 g/mol. The van der Waals surface area contributed by atoms with Crippen LogP contribution in [-0.2, 0) is 10.2 Å². The van der Waals surface area contributed by atoms with E-state index in [4.69, 9.17) is 5.11 Å². The summed E-state index contributed by atoms with van der Waals surface area (Å²) in [6.07, 6.45) is 1.67. The third-order valence-corrected chi connectivity index (χ3v) is 6.11. The standard InChI is InChI=1S/C10H15N3O4S2/c1-7-8(10(14)15)9(18-11-7)12(2)19(16,17)13-5-3-4-6-13/h3-6H2,1-2H3,(H,14,15). The van der Waals surface area contributed by atoms with Crippen LogP contribution < -0.4 is 4.31 Å². The van der Waals surface area contributed by atoms with E-state index in [2.05, 4.69) is 4.37 Å². The number of carbonyl (C=O) groups is 1. The molecular weight excluding hydrogens is 290 g/mol. The minimum atomic E-state index is -3.66. The van der Waals surface area contributed by atoms with E-state index in [1.54, 1.807) is 6.92 Å². The highest BCUT2D eigenvalue weighted by atomic mass is 32.2. The van der Waals surface area contributed by atoms with Crippen LogP contribution in [0.4, 0.5) is 5.00 Å². The third-order valence-electron chi connectivity index (χ3n) is 3.08. The number of hydrogen-bond donors (Lipinski definition) is 1. The van der Waals surface area contributed by atoms with Crippen LogP contribution in [0.15, 0.2) is 0 Å². The number of anilines is 1. The van der Waals surface area contributed by atoms with Gasteiger partial charge in [0, 0.05) is 20.1 Å². The Hall–Kier alpha value is -1.19. The summed E-state index contributed by atoms with van der Waals surface area (Å²) >= 11 is 0.888. The first-order valence-electron chi connectivity index (χ1n) is 5.79. The first kappa shape index (κ1) is 14.2. The lowest BCUT2D eigenvalue weighted by molar-refractivity contribution is 0.0697. The van der Waals surface area contributed by atoms with Gasteiger partial charge in [0.15, 0.2) is 0 Å². The van der Waals surface area contributed by atoms with E-state index >= 15 is 0 Å². The number of aryl methyl sites for hydroxylation is 1. The molecule has 0 saturated carbocycles. The number of aromatic nitrogens is 1. The second-order valence-corrected chi connectivity index (χ2v) is 7.05. The highest BCUT2D eigenvalue weighted by molar-refractivity contribution is 7.90. The van der Waals surface area contributed by atoms with Crippen molar-refractivity contribution in [2.24, 2.45) is 0 Å². The van der Waals surface area contributed by atoms with Crippen molar-refractivity contribution in [1.82, 2.24) is 8.68 Å². The second-order valence-electron chi connectivity index (χ2n) is 4.33. The predicted octanol–water partition coefficient (Wildman–Crippen LogP) is 0.927. The molecular formula is C10H15N3O4S2. The molecule has 1 aliphatic rings.